The average molecular weight is 314 g/mol. The zero-order chi connectivity index (χ0) is 16.1. The van der Waals surface area contributed by atoms with Crippen molar-refractivity contribution in [2.24, 2.45) is 0 Å². The fourth-order valence-electron chi connectivity index (χ4n) is 2.89. The molecule has 1 aliphatic rings. The van der Waals surface area contributed by atoms with E-state index in [2.05, 4.69) is 10.2 Å². The van der Waals surface area contributed by atoms with Gasteiger partial charge in [-0.1, -0.05) is 18.2 Å². The maximum Gasteiger partial charge on any atom is 0.251 e. The van der Waals surface area contributed by atoms with Crippen LogP contribution in [0.5, 0.6) is 0 Å². The summed E-state index contributed by atoms with van der Waals surface area (Å²) in [6.07, 6.45) is 1.67. The second-order valence-electron chi connectivity index (χ2n) is 5.70. The van der Waals surface area contributed by atoms with Crippen molar-refractivity contribution < 1.29 is 13.9 Å². The van der Waals surface area contributed by atoms with Gasteiger partial charge in [-0.25, -0.2) is 0 Å². The number of benzene rings is 1. The Morgan fingerprint density at radius 2 is 2.00 bits per heavy atom. The van der Waals surface area contributed by atoms with Gasteiger partial charge in [-0.05, 0) is 30.7 Å². The molecule has 2 aromatic rings. The molecule has 5 heteroatoms. The normalized spacial score (nSPS) is 16.9. The van der Waals surface area contributed by atoms with Crippen LogP contribution in [0.2, 0.25) is 0 Å². The standard InChI is InChI=1S/C18H22N2O3/c1-14-5-2-3-6-15(14)18(21)19-13-16(17-7-4-10-23-17)20-8-11-22-12-9-20/h2-7,10,16H,8-9,11-13H2,1H3,(H,19,21). The highest BCUT2D eigenvalue weighted by Crippen LogP contribution is 2.22. The summed E-state index contributed by atoms with van der Waals surface area (Å²) < 4.78 is 11.0. The molecule has 1 fully saturated rings. The van der Waals surface area contributed by atoms with E-state index < -0.39 is 0 Å². The molecule has 23 heavy (non-hydrogen) atoms. The summed E-state index contributed by atoms with van der Waals surface area (Å²) in [6, 6.07) is 11.5. The first-order valence-electron chi connectivity index (χ1n) is 7.95. The largest absolute Gasteiger partial charge is 0.468 e. The number of aryl methyl sites for hydroxylation is 1. The van der Waals surface area contributed by atoms with Gasteiger partial charge in [0, 0.05) is 25.2 Å². The van der Waals surface area contributed by atoms with Gasteiger partial charge in [0.05, 0.1) is 25.5 Å². The van der Waals surface area contributed by atoms with E-state index in [1.54, 1.807) is 6.26 Å². The van der Waals surface area contributed by atoms with Crippen molar-refractivity contribution in [2.75, 3.05) is 32.8 Å². The zero-order valence-electron chi connectivity index (χ0n) is 13.3. The maximum absolute atomic E-state index is 12.4. The molecule has 1 saturated heterocycles. The van der Waals surface area contributed by atoms with Gasteiger partial charge in [0.15, 0.2) is 0 Å². The van der Waals surface area contributed by atoms with Crippen molar-refractivity contribution in [1.29, 1.82) is 0 Å². The molecule has 0 radical (unpaired) electrons. The van der Waals surface area contributed by atoms with Crippen LogP contribution in [0.15, 0.2) is 47.1 Å². The summed E-state index contributed by atoms with van der Waals surface area (Å²) in [5.74, 6) is 0.824. The highest BCUT2D eigenvalue weighted by molar-refractivity contribution is 5.95. The van der Waals surface area contributed by atoms with Crippen molar-refractivity contribution in [3.63, 3.8) is 0 Å². The molecule has 122 valence electrons. The molecule has 5 nitrogen and oxygen atoms in total. The third kappa shape index (κ3) is 3.81. The smallest absolute Gasteiger partial charge is 0.251 e. The number of morpholine rings is 1. The van der Waals surface area contributed by atoms with E-state index in [9.17, 15) is 4.79 Å². The van der Waals surface area contributed by atoms with Crippen LogP contribution in [0.3, 0.4) is 0 Å². The minimum Gasteiger partial charge on any atom is -0.468 e. The minimum absolute atomic E-state index is 0.0295. The fraction of sp³-hybridized carbons (Fsp3) is 0.389. The Morgan fingerprint density at radius 1 is 1.22 bits per heavy atom. The van der Waals surface area contributed by atoms with Crippen LogP contribution in [-0.2, 0) is 4.74 Å². The third-order valence-corrected chi connectivity index (χ3v) is 4.20. The van der Waals surface area contributed by atoms with Crippen molar-refractivity contribution in [3.8, 4) is 0 Å². The predicted octanol–water partition coefficient (Wildman–Crippen LogP) is 2.39. The summed E-state index contributed by atoms with van der Waals surface area (Å²) >= 11 is 0. The number of hydrogen-bond acceptors (Lipinski definition) is 4. The van der Waals surface area contributed by atoms with E-state index in [1.807, 2.05) is 43.3 Å². The van der Waals surface area contributed by atoms with Gasteiger partial charge >= 0.3 is 0 Å². The van der Waals surface area contributed by atoms with Gasteiger partial charge in [-0.15, -0.1) is 0 Å². The Bertz CT molecular complexity index is 633. The predicted molar refractivity (Wildman–Crippen MR) is 87.4 cm³/mol. The number of hydrogen-bond donors (Lipinski definition) is 1. The Morgan fingerprint density at radius 3 is 2.70 bits per heavy atom. The van der Waals surface area contributed by atoms with Crippen molar-refractivity contribution in [1.82, 2.24) is 10.2 Å². The van der Waals surface area contributed by atoms with Gasteiger partial charge in [-0.3, -0.25) is 9.69 Å². The van der Waals surface area contributed by atoms with Crippen LogP contribution in [-0.4, -0.2) is 43.7 Å². The molecule has 3 rings (SSSR count). The number of ether oxygens (including phenoxy) is 1. The highest BCUT2D eigenvalue weighted by atomic mass is 16.5. The van der Waals surface area contributed by atoms with Crippen LogP contribution in [0.4, 0.5) is 0 Å². The van der Waals surface area contributed by atoms with E-state index in [1.165, 1.54) is 0 Å². The summed E-state index contributed by atoms with van der Waals surface area (Å²) in [6.45, 7) is 5.56. The summed E-state index contributed by atoms with van der Waals surface area (Å²) in [5.41, 5.74) is 1.69. The molecular weight excluding hydrogens is 292 g/mol. The lowest BCUT2D eigenvalue weighted by atomic mass is 10.1. The van der Waals surface area contributed by atoms with Crippen LogP contribution < -0.4 is 5.32 Å². The molecule has 1 aliphatic heterocycles. The second kappa shape index (κ2) is 7.44. The number of amides is 1. The van der Waals surface area contributed by atoms with E-state index in [4.69, 9.17) is 9.15 Å². The summed E-state index contributed by atoms with van der Waals surface area (Å²) in [7, 11) is 0. The van der Waals surface area contributed by atoms with Crippen molar-refractivity contribution >= 4 is 5.91 Å². The van der Waals surface area contributed by atoms with Crippen molar-refractivity contribution in [3.05, 3.63) is 59.5 Å². The van der Waals surface area contributed by atoms with Gasteiger partial charge in [0.25, 0.3) is 5.91 Å². The first-order chi connectivity index (χ1) is 11.3. The third-order valence-electron chi connectivity index (χ3n) is 4.20. The van der Waals surface area contributed by atoms with Gasteiger partial charge < -0.3 is 14.5 Å². The SMILES string of the molecule is Cc1ccccc1C(=O)NCC(c1ccco1)N1CCOCC1. The quantitative estimate of drug-likeness (QED) is 0.921. The summed E-state index contributed by atoms with van der Waals surface area (Å²) in [5, 5.41) is 3.04. The molecule has 2 heterocycles. The number of carbonyl (C=O) groups excluding carboxylic acids is 1. The van der Waals surface area contributed by atoms with Crippen LogP contribution in [0, 0.1) is 6.92 Å². The Hall–Kier alpha value is -2.11. The molecule has 1 aromatic heterocycles. The van der Waals surface area contributed by atoms with E-state index in [0.717, 1.165) is 24.4 Å². The van der Waals surface area contributed by atoms with Gasteiger partial charge in [0.2, 0.25) is 0 Å². The number of nitrogens with one attached hydrogen (secondary N) is 1. The zero-order valence-corrected chi connectivity index (χ0v) is 13.3. The monoisotopic (exact) mass is 314 g/mol. The number of rotatable bonds is 5. The first-order valence-corrected chi connectivity index (χ1v) is 7.95. The summed E-state index contributed by atoms with van der Waals surface area (Å²) in [4.78, 5) is 14.7. The van der Waals surface area contributed by atoms with Gasteiger partial charge in [-0.2, -0.15) is 0 Å². The van der Waals surface area contributed by atoms with Crippen molar-refractivity contribution in [2.45, 2.75) is 13.0 Å². The molecule has 1 atom stereocenters. The fourth-order valence-corrected chi connectivity index (χ4v) is 2.89. The number of carbonyl (C=O) groups is 1. The first kappa shape index (κ1) is 15.8. The molecule has 0 aliphatic carbocycles. The molecule has 1 amide bonds. The average Bonchev–Trinajstić information content (AvgIpc) is 3.10. The highest BCUT2D eigenvalue weighted by Gasteiger charge is 2.25. The molecule has 0 spiro atoms. The lowest BCUT2D eigenvalue weighted by molar-refractivity contribution is 0.0118. The maximum atomic E-state index is 12.4. The molecule has 0 saturated carbocycles. The van der Waals surface area contributed by atoms with Gasteiger partial charge in [0.1, 0.15) is 5.76 Å². The Labute approximate surface area is 136 Å². The molecule has 0 bridgehead atoms. The molecule has 1 aromatic carbocycles. The lowest BCUT2D eigenvalue weighted by Crippen LogP contribution is -2.43. The Kier molecular flexibility index (Phi) is 5.10. The minimum atomic E-state index is -0.0482. The number of nitrogens with zero attached hydrogens (tertiary/aromatic N) is 1. The molecule has 1 N–H and O–H groups in total. The number of furan rings is 1. The van der Waals surface area contributed by atoms with E-state index in [0.29, 0.717) is 25.3 Å². The lowest BCUT2D eigenvalue weighted by Gasteiger charge is -2.33. The van der Waals surface area contributed by atoms with E-state index in [-0.39, 0.29) is 11.9 Å². The Balaban J connectivity index is 1.69. The van der Waals surface area contributed by atoms with Crippen LogP contribution in [0.25, 0.3) is 0 Å². The van der Waals surface area contributed by atoms with Crippen LogP contribution in [0.1, 0.15) is 27.7 Å². The van der Waals surface area contributed by atoms with Crippen LogP contribution >= 0.6 is 0 Å². The molecular formula is C18H22N2O3. The van der Waals surface area contributed by atoms with E-state index >= 15 is 0 Å². The molecule has 1 unspecified atom stereocenters. The topological polar surface area (TPSA) is 54.7 Å². The second-order valence-corrected chi connectivity index (χ2v) is 5.70.